The number of hydrogen-bond donors (Lipinski definition) is 1. The predicted molar refractivity (Wildman–Crippen MR) is 106 cm³/mol. The van der Waals surface area contributed by atoms with E-state index < -0.39 is 0 Å². The summed E-state index contributed by atoms with van der Waals surface area (Å²) in [6.07, 6.45) is 10.5. The molecule has 1 heterocycles. The van der Waals surface area contributed by atoms with E-state index in [-0.39, 0.29) is 24.0 Å². The van der Waals surface area contributed by atoms with Crippen LogP contribution in [0.25, 0.3) is 0 Å². The van der Waals surface area contributed by atoms with Gasteiger partial charge in [0.25, 0.3) is 0 Å². The Bertz CT molecular complexity index is 340. The number of guanidine groups is 1. The fourth-order valence-electron chi connectivity index (χ4n) is 3.56. The Hall–Kier alpha value is 0.0900. The molecule has 0 aromatic rings. The van der Waals surface area contributed by atoms with Gasteiger partial charge < -0.3 is 10.2 Å². The monoisotopic (exact) mass is 423 g/mol. The van der Waals surface area contributed by atoms with E-state index in [0.29, 0.717) is 5.41 Å². The van der Waals surface area contributed by atoms with Gasteiger partial charge in [-0.15, -0.1) is 30.6 Å². The van der Waals surface area contributed by atoms with Gasteiger partial charge in [0.1, 0.15) is 0 Å². The second kappa shape index (κ2) is 9.98. The molecule has 3 nitrogen and oxygen atoms in total. The highest BCUT2D eigenvalue weighted by molar-refractivity contribution is 14.0. The SMILES string of the molecule is C=CCSCCNC(=NC)N1CCC2(CCCCC2)C1.I. The van der Waals surface area contributed by atoms with Crippen LogP contribution in [0.1, 0.15) is 38.5 Å². The lowest BCUT2D eigenvalue weighted by molar-refractivity contribution is 0.203. The van der Waals surface area contributed by atoms with E-state index in [1.165, 1.54) is 51.6 Å². The van der Waals surface area contributed by atoms with Crippen LogP contribution in [0.5, 0.6) is 0 Å². The molecular formula is C16H30IN3S. The van der Waals surface area contributed by atoms with E-state index in [1.54, 1.807) is 0 Å². The Balaban J connectivity index is 0.00000220. The molecule has 1 aliphatic heterocycles. The second-order valence-corrected chi connectivity index (χ2v) is 7.22. The molecule has 2 fully saturated rings. The van der Waals surface area contributed by atoms with Gasteiger partial charge in [0.15, 0.2) is 5.96 Å². The molecule has 0 amide bonds. The summed E-state index contributed by atoms with van der Waals surface area (Å²) in [6, 6.07) is 0. The molecule has 21 heavy (non-hydrogen) atoms. The van der Waals surface area contributed by atoms with E-state index in [1.807, 2.05) is 24.9 Å². The summed E-state index contributed by atoms with van der Waals surface area (Å²) in [5.74, 6) is 3.25. The highest BCUT2D eigenvalue weighted by atomic mass is 127. The number of rotatable bonds is 5. The van der Waals surface area contributed by atoms with Gasteiger partial charge >= 0.3 is 0 Å². The highest BCUT2D eigenvalue weighted by Gasteiger charge is 2.39. The Morgan fingerprint density at radius 3 is 2.76 bits per heavy atom. The van der Waals surface area contributed by atoms with Crippen molar-refractivity contribution in [2.75, 3.05) is 38.2 Å². The average Bonchev–Trinajstić information content (AvgIpc) is 2.87. The largest absolute Gasteiger partial charge is 0.355 e. The van der Waals surface area contributed by atoms with Crippen molar-refractivity contribution in [3.63, 3.8) is 0 Å². The summed E-state index contributed by atoms with van der Waals surface area (Å²) in [5.41, 5.74) is 0.605. The number of hydrogen-bond acceptors (Lipinski definition) is 2. The van der Waals surface area contributed by atoms with Gasteiger partial charge in [0.2, 0.25) is 0 Å². The van der Waals surface area contributed by atoms with Gasteiger partial charge in [-0.3, -0.25) is 4.99 Å². The second-order valence-electron chi connectivity index (χ2n) is 6.07. The van der Waals surface area contributed by atoms with Crippen molar-refractivity contribution in [3.05, 3.63) is 12.7 Å². The summed E-state index contributed by atoms with van der Waals surface area (Å²) >= 11 is 1.92. The Labute approximate surface area is 151 Å². The molecule has 0 radical (unpaired) electrons. The first-order valence-corrected chi connectivity index (χ1v) is 9.09. The minimum absolute atomic E-state index is 0. The third kappa shape index (κ3) is 5.66. The summed E-state index contributed by atoms with van der Waals surface area (Å²) < 4.78 is 0. The van der Waals surface area contributed by atoms with Crippen LogP contribution >= 0.6 is 35.7 Å². The summed E-state index contributed by atoms with van der Waals surface area (Å²) in [7, 11) is 1.91. The summed E-state index contributed by atoms with van der Waals surface area (Å²) in [4.78, 5) is 6.94. The number of aliphatic imine (C=N–C) groups is 1. The number of nitrogens with zero attached hydrogens (tertiary/aromatic N) is 2. The summed E-state index contributed by atoms with van der Waals surface area (Å²) in [6.45, 7) is 7.14. The molecule has 1 saturated carbocycles. The van der Waals surface area contributed by atoms with Gasteiger partial charge in [-0.1, -0.05) is 25.3 Å². The van der Waals surface area contributed by atoms with Crippen LogP contribution < -0.4 is 5.32 Å². The van der Waals surface area contributed by atoms with Gasteiger partial charge in [-0.2, -0.15) is 11.8 Å². The normalized spacial score (nSPS) is 21.2. The Kier molecular flexibility index (Phi) is 9.09. The fourth-order valence-corrected chi connectivity index (χ4v) is 4.14. The smallest absolute Gasteiger partial charge is 0.193 e. The zero-order chi connectivity index (χ0) is 14.3. The molecule has 0 aromatic heterocycles. The van der Waals surface area contributed by atoms with E-state index >= 15 is 0 Å². The van der Waals surface area contributed by atoms with Crippen LogP contribution in [0.3, 0.4) is 0 Å². The third-order valence-corrected chi connectivity index (χ3v) is 5.59. The molecule has 2 aliphatic rings. The topological polar surface area (TPSA) is 27.6 Å². The molecule has 0 aromatic carbocycles. The molecule has 1 aliphatic carbocycles. The number of thioether (sulfide) groups is 1. The summed E-state index contributed by atoms with van der Waals surface area (Å²) in [5, 5.41) is 3.51. The minimum Gasteiger partial charge on any atom is -0.355 e. The molecule has 0 atom stereocenters. The fraction of sp³-hybridized carbons (Fsp3) is 0.812. The third-order valence-electron chi connectivity index (χ3n) is 4.63. The van der Waals surface area contributed by atoms with Crippen LogP contribution in [-0.2, 0) is 0 Å². The predicted octanol–water partition coefficient (Wildman–Crippen LogP) is 3.76. The van der Waals surface area contributed by atoms with E-state index in [4.69, 9.17) is 0 Å². The van der Waals surface area contributed by atoms with Crippen molar-refractivity contribution in [2.45, 2.75) is 38.5 Å². The van der Waals surface area contributed by atoms with E-state index in [9.17, 15) is 0 Å². The highest BCUT2D eigenvalue weighted by Crippen LogP contribution is 2.43. The first-order chi connectivity index (χ1) is 9.79. The quantitative estimate of drug-likeness (QED) is 0.240. The average molecular weight is 423 g/mol. The first-order valence-electron chi connectivity index (χ1n) is 7.94. The maximum Gasteiger partial charge on any atom is 0.193 e. The molecule has 0 bridgehead atoms. The standard InChI is InChI=1S/C16H29N3S.HI/c1-3-12-20-13-10-18-15(17-2)19-11-9-16(14-19)7-5-4-6-8-16;/h3H,1,4-14H2,2H3,(H,17,18);1H. The lowest BCUT2D eigenvalue weighted by Crippen LogP contribution is -2.42. The molecular weight excluding hydrogens is 393 g/mol. The van der Waals surface area contributed by atoms with Crippen molar-refractivity contribution in [1.29, 1.82) is 0 Å². The van der Waals surface area contributed by atoms with Crippen molar-refractivity contribution >= 4 is 41.7 Å². The van der Waals surface area contributed by atoms with Gasteiger partial charge in [0.05, 0.1) is 0 Å². The molecule has 2 rings (SSSR count). The molecule has 5 heteroatoms. The number of likely N-dealkylation sites (tertiary alicyclic amines) is 1. The van der Waals surface area contributed by atoms with Crippen LogP contribution in [0.2, 0.25) is 0 Å². The van der Waals surface area contributed by atoms with E-state index in [0.717, 1.165) is 24.0 Å². The minimum atomic E-state index is 0. The molecule has 1 saturated heterocycles. The van der Waals surface area contributed by atoms with Crippen molar-refractivity contribution in [1.82, 2.24) is 10.2 Å². The number of nitrogens with one attached hydrogen (secondary N) is 1. The lowest BCUT2D eigenvalue weighted by Gasteiger charge is -2.33. The van der Waals surface area contributed by atoms with Gasteiger partial charge in [0, 0.05) is 38.2 Å². The molecule has 1 spiro atoms. The van der Waals surface area contributed by atoms with Crippen molar-refractivity contribution in [2.24, 2.45) is 10.4 Å². The molecule has 122 valence electrons. The first kappa shape index (κ1) is 19.1. The van der Waals surface area contributed by atoms with Crippen LogP contribution in [-0.4, -0.2) is 49.0 Å². The van der Waals surface area contributed by atoms with Crippen molar-refractivity contribution in [3.8, 4) is 0 Å². The van der Waals surface area contributed by atoms with Crippen LogP contribution in [0, 0.1) is 5.41 Å². The van der Waals surface area contributed by atoms with E-state index in [2.05, 4.69) is 21.8 Å². The maximum atomic E-state index is 4.47. The van der Waals surface area contributed by atoms with Crippen LogP contribution in [0.15, 0.2) is 17.6 Å². The number of halogens is 1. The Morgan fingerprint density at radius 1 is 1.33 bits per heavy atom. The maximum absolute atomic E-state index is 4.47. The zero-order valence-corrected chi connectivity index (χ0v) is 16.4. The zero-order valence-electron chi connectivity index (χ0n) is 13.3. The molecule has 0 unspecified atom stereocenters. The molecule has 1 N–H and O–H groups in total. The van der Waals surface area contributed by atoms with Crippen LogP contribution in [0.4, 0.5) is 0 Å². The van der Waals surface area contributed by atoms with Gasteiger partial charge in [-0.05, 0) is 24.7 Å². The lowest BCUT2D eigenvalue weighted by atomic mass is 9.73. The Morgan fingerprint density at radius 2 is 2.10 bits per heavy atom. The van der Waals surface area contributed by atoms with Crippen molar-refractivity contribution < 1.29 is 0 Å². The van der Waals surface area contributed by atoms with Gasteiger partial charge in [-0.25, -0.2) is 0 Å².